The summed E-state index contributed by atoms with van der Waals surface area (Å²) in [4.78, 5) is 19.9. The Morgan fingerprint density at radius 2 is 1.86 bits per heavy atom. The van der Waals surface area contributed by atoms with Crippen LogP contribution >= 0.6 is 11.3 Å². The van der Waals surface area contributed by atoms with E-state index in [1.165, 1.54) is 21.9 Å². The number of pyridine rings is 1. The molecule has 3 heterocycles. The van der Waals surface area contributed by atoms with E-state index in [0.717, 1.165) is 21.7 Å². The van der Waals surface area contributed by atoms with Gasteiger partial charge in [-0.3, -0.25) is 9.69 Å². The number of sulfonamides is 1. The Labute approximate surface area is 215 Å². The first-order valence-corrected chi connectivity index (χ1v) is 14.4. The van der Waals surface area contributed by atoms with Crippen molar-refractivity contribution in [3.63, 3.8) is 0 Å². The van der Waals surface area contributed by atoms with E-state index < -0.39 is 15.9 Å². The number of thiophene rings is 1. The van der Waals surface area contributed by atoms with Crippen LogP contribution < -0.4 is 11.1 Å². The number of nitrogens with one attached hydrogen (secondary N) is 1. The maximum Gasteiger partial charge on any atom is 0.251 e. The number of hydrogen-bond acceptors (Lipinski definition) is 8. The third-order valence-electron chi connectivity index (χ3n) is 6.27. The van der Waals surface area contributed by atoms with Gasteiger partial charge in [-0.2, -0.15) is 4.31 Å². The van der Waals surface area contributed by atoms with Gasteiger partial charge in [0.15, 0.2) is 0 Å². The van der Waals surface area contributed by atoms with E-state index in [0.29, 0.717) is 49.1 Å². The highest BCUT2D eigenvalue weighted by molar-refractivity contribution is 7.88. The summed E-state index contributed by atoms with van der Waals surface area (Å²) < 4.78 is 25.0. The minimum absolute atomic E-state index is 0.0581. The minimum atomic E-state index is -3.17. The standard InChI is InChI=1S/C25H31N5O4S2/c1-17(16-31)18-6-8-19(9-7-18)22-14-21(24(26)32)25(35-22)28-23-5-3-4-20(27-23)15-29-10-12-30(13-11-29)36(2,33)34/h3-9,14,17,31H,10-13,15-16H2,1-2H3,(H2,26,32)(H,27,28). The van der Waals surface area contributed by atoms with Crippen molar-refractivity contribution in [1.82, 2.24) is 14.2 Å². The second-order valence-corrected chi connectivity index (χ2v) is 12.0. The summed E-state index contributed by atoms with van der Waals surface area (Å²) in [5, 5.41) is 13.3. The molecule has 1 aliphatic heterocycles. The van der Waals surface area contributed by atoms with Gasteiger partial charge in [-0.1, -0.05) is 37.3 Å². The first-order valence-electron chi connectivity index (χ1n) is 11.7. The second-order valence-electron chi connectivity index (χ2n) is 9.00. The number of amides is 1. The molecule has 3 aromatic rings. The zero-order chi connectivity index (χ0) is 25.9. The fourth-order valence-corrected chi connectivity index (χ4v) is 5.99. The van der Waals surface area contributed by atoms with Gasteiger partial charge in [-0.05, 0) is 29.3 Å². The highest BCUT2D eigenvalue weighted by Gasteiger charge is 2.23. The Balaban J connectivity index is 1.48. The van der Waals surface area contributed by atoms with E-state index in [4.69, 9.17) is 10.7 Å². The predicted molar refractivity (Wildman–Crippen MR) is 143 cm³/mol. The lowest BCUT2D eigenvalue weighted by Crippen LogP contribution is -2.47. The van der Waals surface area contributed by atoms with Gasteiger partial charge in [0.1, 0.15) is 10.8 Å². The molecule has 1 aliphatic rings. The van der Waals surface area contributed by atoms with E-state index in [2.05, 4.69) is 10.2 Å². The Kier molecular flexibility index (Phi) is 8.06. The molecular weight excluding hydrogens is 498 g/mol. The molecule has 0 aliphatic carbocycles. The zero-order valence-corrected chi connectivity index (χ0v) is 22.0. The summed E-state index contributed by atoms with van der Waals surface area (Å²) in [5.74, 6) is 0.137. The molecule has 1 fully saturated rings. The van der Waals surface area contributed by atoms with Gasteiger partial charge in [0, 0.05) is 50.1 Å². The van der Waals surface area contributed by atoms with Crippen molar-refractivity contribution < 1.29 is 18.3 Å². The van der Waals surface area contributed by atoms with Gasteiger partial charge in [0.2, 0.25) is 10.0 Å². The maximum absolute atomic E-state index is 12.2. The van der Waals surface area contributed by atoms with Crippen molar-refractivity contribution in [3.05, 3.63) is 65.4 Å². The van der Waals surface area contributed by atoms with Crippen LogP contribution in [0.5, 0.6) is 0 Å². The number of nitrogens with two attached hydrogens (primary N) is 1. The number of nitrogens with zero attached hydrogens (tertiary/aromatic N) is 3. The Morgan fingerprint density at radius 3 is 2.47 bits per heavy atom. The summed E-state index contributed by atoms with van der Waals surface area (Å²) in [6.07, 6.45) is 1.24. The molecular formula is C25H31N5O4S2. The lowest BCUT2D eigenvalue weighted by molar-refractivity contribution is 0.100. The summed E-state index contributed by atoms with van der Waals surface area (Å²) in [5.41, 5.74) is 8.91. The number of hydrogen-bond donors (Lipinski definition) is 3. The van der Waals surface area contributed by atoms with Crippen LogP contribution in [-0.2, 0) is 16.6 Å². The van der Waals surface area contributed by atoms with Gasteiger partial charge in [0.25, 0.3) is 5.91 Å². The molecule has 0 bridgehead atoms. The minimum Gasteiger partial charge on any atom is -0.396 e. The molecule has 11 heteroatoms. The van der Waals surface area contributed by atoms with Crippen molar-refractivity contribution in [2.45, 2.75) is 19.4 Å². The normalized spacial score (nSPS) is 16.1. The van der Waals surface area contributed by atoms with E-state index in [1.807, 2.05) is 49.4 Å². The number of piperazine rings is 1. The molecule has 36 heavy (non-hydrogen) atoms. The topological polar surface area (TPSA) is 129 Å². The van der Waals surface area contributed by atoms with Crippen molar-refractivity contribution in [3.8, 4) is 10.4 Å². The number of aliphatic hydroxyl groups excluding tert-OH is 1. The van der Waals surface area contributed by atoms with Crippen LogP contribution in [-0.4, -0.2) is 72.7 Å². The van der Waals surface area contributed by atoms with Crippen LogP contribution in [0.15, 0.2) is 48.5 Å². The highest BCUT2D eigenvalue weighted by Crippen LogP contribution is 2.37. The predicted octanol–water partition coefficient (Wildman–Crippen LogP) is 2.83. The molecule has 1 atom stereocenters. The smallest absolute Gasteiger partial charge is 0.251 e. The third kappa shape index (κ3) is 6.29. The number of carbonyl (C=O) groups is 1. The fraction of sp³-hybridized carbons (Fsp3) is 0.360. The van der Waals surface area contributed by atoms with Crippen molar-refractivity contribution >= 4 is 38.1 Å². The molecule has 1 aromatic carbocycles. The molecule has 0 saturated carbocycles. The Bertz CT molecular complexity index is 1320. The molecule has 1 unspecified atom stereocenters. The van der Waals surface area contributed by atoms with E-state index >= 15 is 0 Å². The number of benzene rings is 1. The molecule has 4 N–H and O–H groups in total. The monoisotopic (exact) mass is 529 g/mol. The number of aliphatic hydroxyl groups is 1. The maximum atomic E-state index is 12.2. The number of anilines is 2. The highest BCUT2D eigenvalue weighted by atomic mass is 32.2. The molecule has 0 spiro atoms. The number of rotatable bonds is 9. The van der Waals surface area contributed by atoms with Gasteiger partial charge in [-0.15, -0.1) is 11.3 Å². The number of carbonyl (C=O) groups excluding carboxylic acids is 1. The SMILES string of the molecule is CC(CO)c1ccc(-c2cc(C(N)=O)c(Nc3cccc(CN4CCN(S(C)(=O)=O)CC4)n3)s2)cc1. The lowest BCUT2D eigenvalue weighted by Gasteiger charge is -2.32. The largest absolute Gasteiger partial charge is 0.396 e. The molecule has 9 nitrogen and oxygen atoms in total. The Hall–Kier alpha value is -2.83. The quantitative estimate of drug-likeness (QED) is 0.389. The van der Waals surface area contributed by atoms with Crippen LogP contribution in [0, 0.1) is 0 Å². The van der Waals surface area contributed by atoms with Gasteiger partial charge in [-0.25, -0.2) is 13.4 Å². The van der Waals surface area contributed by atoms with Crippen LogP contribution in [0.3, 0.4) is 0 Å². The molecule has 4 rings (SSSR count). The average molecular weight is 530 g/mol. The van der Waals surface area contributed by atoms with Crippen LogP contribution in [0.4, 0.5) is 10.8 Å². The first kappa shape index (κ1) is 26.2. The first-order chi connectivity index (χ1) is 17.1. The van der Waals surface area contributed by atoms with E-state index in [1.54, 1.807) is 6.07 Å². The average Bonchev–Trinajstić information content (AvgIpc) is 3.28. The molecule has 1 amide bonds. The van der Waals surface area contributed by atoms with Gasteiger partial charge in [0.05, 0.1) is 17.5 Å². The second kappa shape index (κ2) is 11.1. The van der Waals surface area contributed by atoms with Crippen molar-refractivity contribution in [2.24, 2.45) is 5.73 Å². The van der Waals surface area contributed by atoms with Crippen molar-refractivity contribution in [2.75, 3.05) is 44.4 Å². The summed E-state index contributed by atoms with van der Waals surface area (Å²) in [6, 6.07) is 15.4. The van der Waals surface area contributed by atoms with Gasteiger partial charge >= 0.3 is 0 Å². The summed E-state index contributed by atoms with van der Waals surface area (Å²) in [7, 11) is -3.17. The van der Waals surface area contributed by atoms with E-state index in [9.17, 15) is 18.3 Å². The van der Waals surface area contributed by atoms with Crippen LogP contribution in [0.25, 0.3) is 10.4 Å². The van der Waals surface area contributed by atoms with Gasteiger partial charge < -0.3 is 16.2 Å². The fourth-order valence-electron chi connectivity index (χ4n) is 4.09. The zero-order valence-electron chi connectivity index (χ0n) is 20.3. The van der Waals surface area contributed by atoms with E-state index in [-0.39, 0.29) is 12.5 Å². The summed E-state index contributed by atoms with van der Waals surface area (Å²) >= 11 is 1.43. The van der Waals surface area contributed by atoms with Crippen LogP contribution in [0.1, 0.15) is 34.5 Å². The van der Waals surface area contributed by atoms with Crippen molar-refractivity contribution in [1.29, 1.82) is 0 Å². The third-order valence-corrected chi connectivity index (χ3v) is 8.67. The molecule has 1 saturated heterocycles. The Morgan fingerprint density at radius 1 is 1.17 bits per heavy atom. The number of aromatic nitrogens is 1. The number of primary amides is 1. The molecule has 192 valence electrons. The summed E-state index contributed by atoms with van der Waals surface area (Å²) in [6.45, 7) is 4.87. The van der Waals surface area contributed by atoms with Crippen LogP contribution in [0.2, 0.25) is 0 Å². The molecule has 0 radical (unpaired) electrons. The lowest BCUT2D eigenvalue weighted by atomic mass is 10.0. The molecule has 2 aromatic heterocycles.